The molecule has 0 aromatic heterocycles. The first-order valence-electron chi connectivity index (χ1n) is 13.4. The van der Waals surface area contributed by atoms with Crippen molar-refractivity contribution in [3.8, 4) is 5.75 Å². The molecule has 0 bridgehead atoms. The van der Waals surface area contributed by atoms with Crippen LogP contribution in [-0.2, 0) is 32.6 Å². The number of ether oxygens (including phenoxy) is 1. The molecule has 0 heterocycles. The highest BCUT2D eigenvalue weighted by atomic mass is 35.5. The lowest BCUT2D eigenvalue weighted by atomic mass is 10.0. The van der Waals surface area contributed by atoms with E-state index in [1.165, 1.54) is 4.90 Å². The largest absolute Gasteiger partial charge is 0.497 e. The minimum absolute atomic E-state index is 0.0642. The summed E-state index contributed by atoms with van der Waals surface area (Å²) in [4.78, 5) is 29.3. The maximum Gasteiger partial charge on any atom is 0.244 e. The van der Waals surface area contributed by atoms with Crippen molar-refractivity contribution in [2.75, 3.05) is 30.8 Å². The van der Waals surface area contributed by atoms with E-state index in [1.54, 1.807) is 50.4 Å². The van der Waals surface area contributed by atoms with Gasteiger partial charge in [0, 0.05) is 24.5 Å². The van der Waals surface area contributed by atoms with Crippen LogP contribution < -0.4 is 14.4 Å². The highest BCUT2D eigenvalue weighted by molar-refractivity contribution is 7.92. The van der Waals surface area contributed by atoms with Crippen molar-refractivity contribution in [2.45, 2.75) is 39.8 Å². The number of carbonyl (C=O) groups excluding carboxylic acids is 2. The molecular formula is C31H38ClN3O5S. The zero-order chi connectivity index (χ0) is 30.2. The fourth-order valence-electron chi connectivity index (χ4n) is 4.41. The Balaban J connectivity index is 2.09. The van der Waals surface area contributed by atoms with Gasteiger partial charge in [0.25, 0.3) is 0 Å². The third kappa shape index (κ3) is 8.96. The van der Waals surface area contributed by atoms with Crippen molar-refractivity contribution in [3.05, 3.63) is 94.5 Å². The Labute approximate surface area is 248 Å². The van der Waals surface area contributed by atoms with Crippen LogP contribution in [0.15, 0.2) is 72.8 Å². The van der Waals surface area contributed by atoms with Crippen LogP contribution >= 0.6 is 11.6 Å². The maximum atomic E-state index is 14.2. The van der Waals surface area contributed by atoms with Gasteiger partial charge >= 0.3 is 0 Å². The van der Waals surface area contributed by atoms with Crippen LogP contribution in [0.5, 0.6) is 5.75 Å². The van der Waals surface area contributed by atoms with Gasteiger partial charge in [-0.2, -0.15) is 0 Å². The first kappa shape index (κ1) is 32.0. The van der Waals surface area contributed by atoms with Gasteiger partial charge in [0.05, 0.1) is 19.1 Å². The number of hydrogen-bond acceptors (Lipinski definition) is 5. The molecule has 1 N–H and O–H groups in total. The number of rotatable bonds is 13. The van der Waals surface area contributed by atoms with Crippen LogP contribution in [0.1, 0.15) is 30.5 Å². The van der Waals surface area contributed by atoms with E-state index in [0.29, 0.717) is 28.6 Å². The summed E-state index contributed by atoms with van der Waals surface area (Å²) in [6, 6.07) is 20.7. The highest BCUT2D eigenvalue weighted by Gasteiger charge is 2.33. The highest BCUT2D eigenvalue weighted by Crippen LogP contribution is 2.29. The monoisotopic (exact) mass is 599 g/mol. The second-order valence-electron chi connectivity index (χ2n) is 10.4. The molecular weight excluding hydrogens is 562 g/mol. The molecule has 0 aliphatic rings. The number of sulfonamides is 1. The van der Waals surface area contributed by atoms with Gasteiger partial charge < -0.3 is 15.0 Å². The quantitative estimate of drug-likeness (QED) is 0.303. The van der Waals surface area contributed by atoms with Crippen LogP contribution in [0, 0.1) is 12.8 Å². The summed E-state index contributed by atoms with van der Waals surface area (Å²) in [6.45, 7) is 5.67. The average Bonchev–Trinajstić information content (AvgIpc) is 2.94. The lowest BCUT2D eigenvalue weighted by molar-refractivity contribution is -0.140. The molecule has 3 rings (SSSR count). The summed E-state index contributed by atoms with van der Waals surface area (Å²) in [5.74, 6) is -0.0432. The topological polar surface area (TPSA) is 96.0 Å². The van der Waals surface area contributed by atoms with Crippen molar-refractivity contribution < 1.29 is 22.7 Å². The number of benzene rings is 3. The first-order chi connectivity index (χ1) is 19.4. The van der Waals surface area contributed by atoms with Crippen LogP contribution in [-0.4, -0.2) is 57.6 Å². The summed E-state index contributed by atoms with van der Waals surface area (Å²) >= 11 is 6.30. The Bertz CT molecular complexity index is 1450. The Morgan fingerprint density at radius 3 is 2.27 bits per heavy atom. The van der Waals surface area contributed by atoms with Crippen molar-refractivity contribution >= 4 is 39.1 Å². The molecule has 3 aromatic carbocycles. The smallest absolute Gasteiger partial charge is 0.244 e. The number of anilines is 1. The molecule has 41 heavy (non-hydrogen) atoms. The fraction of sp³-hybridized carbons (Fsp3) is 0.355. The van der Waals surface area contributed by atoms with Gasteiger partial charge in [-0.05, 0) is 53.8 Å². The van der Waals surface area contributed by atoms with E-state index in [0.717, 1.165) is 21.7 Å². The number of nitrogens with one attached hydrogen (secondary N) is 1. The van der Waals surface area contributed by atoms with Crippen molar-refractivity contribution in [2.24, 2.45) is 5.92 Å². The molecule has 0 spiro atoms. The minimum atomic E-state index is -3.89. The third-order valence-electron chi connectivity index (χ3n) is 6.63. The molecule has 0 saturated heterocycles. The number of methoxy groups -OCH3 is 1. The van der Waals surface area contributed by atoms with E-state index in [-0.39, 0.29) is 24.8 Å². The van der Waals surface area contributed by atoms with E-state index in [1.807, 2.05) is 50.2 Å². The second kappa shape index (κ2) is 14.4. The molecule has 0 saturated carbocycles. The number of halogens is 1. The Kier molecular flexibility index (Phi) is 11.2. The lowest BCUT2D eigenvalue weighted by Gasteiger charge is -2.34. The van der Waals surface area contributed by atoms with E-state index in [9.17, 15) is 18.0 Å². The summed E-state index contributed by atoms with van der Waals surface area (Å²) < 4.78 is 32.4. The van der Waals surface area contributed by atoms with Crippen molar-refractivity contribution in [1.82, 2.24) is 10.2 Å². The molecule has 0 fully saturated rings. The van der Waals surface area contributed by atoms with E-state index >= 15 is 0 Å². The molecule has 3 aromatic rings. The molecule has 1 atom stereocenters. The number of hydrogen-bond donors (Lipinski definition) is 1. The number of nitrogens with zero attached hydrogens (tertiary/aromatic N) is 2. The van der Waals surface area contributed by atoms with E-state index in [4.69, 9.17) is 16.3 Å². The number of amides is 2. The molecule has 2 amide bonds. The SMILES string of the molecule is COc1cccc(CN(C(=O)CN(c2cccc(Cl)c2C)S(C)(=O)=O)C(Cc2ccccc2)C(=O)NCC(C)C)c1. The summed E-state index contributed by atoms with van der Waals surface area (Å²) in [7, 11) is -2.34. The summed E-state index contributed by atoms with van der Waals surface area (Å²) in [6.07, 6.45) is 1.29. The average molecular weight is 600 g/mol. The molecule has 8 nitrogen and oxygen atoms in total. The van der Waals surface area contributed by atoms with Crippen LogP contribution in [0.2, 0.25) is 5.02 Å². The Hall–Kier alpha value is -3.56. The summed E-state index contributed by atoms with van der Waals surface area (Å²) in [5, 5.41) is 3.35. The molecule has 0 radical (unpaired) electrons. The van der Waals surface area contributed by atoms with Gasteiger partial charge in [0.15, 0.2) is 0 Å². The lowest BCUT2D eigenvalue weighted by Crippen LogP contribution is -2.53. The van der Waals surface area contributed by atoms with Crippen molar-refractivity contribution in [3.63, 3.8) is 0 Å². The van der Waals surface area contributed by atoms with Gasteiger partial charge in [-0.3, -0.25) is 13.9 Å². The third-order valence-corrected chi connectivity index (χ3v) is 8.17. The molecule has 0 aliphatic carbocycles. The molecule has 220 valence electrons. The minimum Gasteiger partial charge on any atom is -0.497 e. The van der Waals surface area contributed by atoms with E-state index < -0.39 is 28.5 Å². The van der Waals surface area contributed by atoms with Gasteiger partial charge in [-0.15, -0.1) is 0 Å². The first-order valence-corrected chi connectivity index (χ1v) is 15.6. The van der Waals surface area contributed by atoms with Gasteiger partial charge in [0.2, 0.25) is 21.8 Å². The second-order valence-corrected chi connectivity index (χ2v) is 12.7. The van der Waals surface area contributed by atoms with Gasteiger partial charge in [-0.25, -0.2) is 8.42 Å². The zero-order valence-corrected chi connectivity index (χ0v) is 25.7. The fourth-order valence-corrected chi connectivity index (χ4v) is 5.47. The number of carbonyl (C=O) groups is 2. The predicted molar refractivity (Wildman–Crippen MR) is 164 cm³/mol. The van der Waals surface area contributed by atoms with E-state index in [2.05, 4.69) is 5.32 Å². The molecule has 10 heteroatoms. The van der Waals surface area contributed by atoms with Gasteiger partial charge in [0.1, 0.15) is 18.3 Å². The Morgan fingerprint density at radius 2 is 1.63 bits per heavy atom. The Morgan fingerprint density at radius 1 is 0.976 bits per heavy atom. The van der Waals surface area contributed by atoms with Crippen LogP contribution in [0.25, 0.3) is 0 Å². The van der Waals surface area contributed by atoms with Crippen LogP contribution in [0.3, 0.4) is 0 Å². The maximum absolute atomic E-state index is 14.2. The standard InChI is InChI=1S/C31H38ClN3O5S/c1-22(2)19-33-31(37)29(18-24-11-7-6-8-12-24)34(20-25-13-9-14-26(17-25)40-4)30(36)21-35(41(5,38)39)28-16-10-15-27(32)23(28)3/h6-17,22,29H,18-21H2,1-5H3,(H,33,37). The van der Waals surface area contributed by atoms with Crippen molar-refractivity contribution in [1.29, 1.82) is 0 Å². The summed E-state index contributed by atoms with van der Waals surface area (Å²) in [5.41, 5.74) is 2.43. The zero-order valence-electron chi connectivity index (χ0n) is 24.1. The predicted octanol–water partition coefficient (Wildman–Crippen LogP) is 4.84. The van der Waals surface area contributed by atoms with Crippen LogP contribution in [0.4, 0.5) is 5.69 Å². The molecule has 1 unspecified atom stereocenters. The van der Waals surface area contributed by atoms with Gasteiger partial charge in [-0.1, -0.05) is 74.0 Å². The molecule has 0 aliphatic heterocycles. The normalized spacial score (nSPS) is 12.1.